The normalized spacial score (nSPS) is 17.3. The Hall–Kier alpha value is -1.49. The number of halogens is 1. The molecule has 1 atom stereocenters. The molecule has 1 amide bonds. The Bertz CT molecular complexity index is 750. The van der Waals surface area contributed by atoms with Gasteiger partial charge in [-0.1, -0.05) is 30.7 Å². The number of hydrogen-bond donors (Lipinski definition) is 0. The number of thioether (sulfide) groups is 1. The highest BCUT2D eigenvalue weighted by Crippen LogP contribution is 2.39. The largest absolute Gasteiger partial charge is 0.380 e. The minimum Gasteiger partial charge on any atom is -0.380 e. The first-order chi connectivity index (χ1) is 11.6. The fraction of sp³-hybridized carbons (Fsp3) is 0.316. The molecule has 5 heteroatoms. The van der Waals surface area contributed by atoms with Crippen LogP contribution in [0.5, 0.6) is 0 Å². The predicted molar refractivity (Wildman–Crippen MR) is 100 cm³/mol. The first-order valence-corrected chi connectivity index (χ1v) is 9.20. The van der Waals surface area contributed by atoms with Gasteiger partial charge < -0.3 is 9.64 Å². The predicted octanol–water partition coefficient (Wildman–Crippen LogP) is 5.02. The highest BCUT2D eigenvalue weighted by molar-refractivity contribution is 8.00. The van der Waals surface area contributed by atoms with Gasteiger partial charge in [-0.3, -0.25) is 4.79 Å². The number of hydrogen-bond acceptors (Lipinski definition) is 3. The second kappa shape index (κ2) is 7.60. The molecule has 0 bridgehead atoms. The van der Waals surface area contributed by atoms with E-state index >= 15 is 0 Å². The second-order valence-corrected chi connectivity index (χ2v) is 7.84. The van der Waals surface area contributed by atoms with Crippen LogP contribution in [0.4, 0.5) is 5.69 Å². The molecule has 2 aromatic carbocycles. The highest BCUT2D eigenvalue weighted by atomic mass is 35.5. The molecule has 0 fully saturated rings. The fourth-order valence-corrected chi connectivity index (χ4v) is 4.10. The zero-order valence-corrected chi connectivity index (χ0v) is 15.4. The summed E-state index contributed by atoms with van der Waals surface area (Å²) in [6.07, 6.45) is 0.945. The third-order valence-electron chi connectivity index (χ3n) is 4.03. The van der Waals surface area contributed by atoms with E-state index in [0.29, 0.717) is 29.0 Å². The molecular weight excluding hydrogens is 342 g/mol. The molecule has 126 valence electrons. The van der Waals surface area contributed by atoms with Gasteiger partial charge in [0.05, 0.1) is 12.3 Å². The van der Waals surface area contributed by atoms with Gasteiger partial charge in [-0.25, -0.2) is 0 Å². The third-order valence-corrected chi connectivity index (χ3v) is 5.50. The van der Waals surface area contributed by atoms with E-state index in [1.54, 1.807) is 18.9 Å². The average molecular weight is 362 g/mol. The van der Waals surface area contributed by atoms with Gasteiger partial charge in [0, 0.05) is 34.4 Å². The molecule has 1 aliphatic heterocycles. The van der Waals surface area contributed by atoms with E-state index in [0.717, 1.165) is 22.6 Å². The molecule has 0 saturated carbocycles. The van der Waals surface area contributed by atoms with Crippen LogP contribution in [-0.2, 0) is 11.3 Å². The lowest BCUT2D eigenvalue weighted by molar-refractivity contribution is 0.0986. The number of anilines is 1. The topological polar surface area (TPSA) is 29.5 Å². The van der Waals surface area contributed by atoms with Crippen LogP contribution in [0.1, 0.15) is 29.3 Å². The Labute approximate surface area is 151 Å². The van der Waals surface area contributed by atoms with Crippen LogP contribution in [0.15, 0.2) is 47.4 Å². The first kappa shape index (κ1) is 17.3. The van der Waals surface area contributed by atoms with Crippen LogP contribution in [0, 0.1) is 0 Å². The van der Waals surface area contributed by atoms with E-state index in [4.69, 9.17) is 16.3 Å². The van der Waals surface area contributed by atoms with Gasteiger partial charge in [0.15, 0.2) is 0 Å². The summed E-state index contributed by atoms with van der Waals surface area (Å²) in [6.45, 7) is 3.38. The van der Waals surface area contributed by atoms with E-state index in [1.165, 1.54) is 0 Å². The van der Waals surface area contributed by atoms with Crippen molar-refractivity contribution in [2.45, 2.75) is 30.1 Å². The number of fused-ring (bicyclic) bond motifs is 1. The Morgan fingerprint density at radius 1 is 1.33 bits per heavy atom. The van der Waals surface area contributed by atoms with E-state index < -0.39 is 0 Å². The van der Waals surface area contributed by atoms with Crippen LogP contribution in [0.3, 0.4) is 0 Å². The fourth-order valence-electron chi connectivity index (χ4n) is 2.84. The molecule has 0 N–H and O–H groups in total. The summed E-state index contributed by atoms with van der Waals surface area (Å²) in [5.74, 6) is 0.00571. The quantitative estimate of drug-likeness (QED) is 0.768. The highest BCUT2D eigenvalue weighted by Gasteiger charge is 2.25. The molecule has 3 rings (SSSR count). The SMILES string of the molecule is COCc1cccc(C(=O)N2CCC(C)Sc3ccc(Cl)cc32)c1. The zero-order chi connectivity index (χ0) is 17.1. The van der Waals surface area contributed by atoms with E-state index in [1.807, 2.05) is 47.4 Å². The zero-order valence-electron chi connectivity index (χ0n) is 13.8. The van der Waals surface area contributed by atoms with Crippen LogP contribution in [-0.4, -0.2) is 24.8 Å². The molecule has 0 saturated heterocycles. The molecule has 24 heavy (non-hydrogen) atoms. The molecule has 0 aliphatic carbocycles. The van der Waals surface area contributed by atoms with Crippen LogP contribution >= 0.6 is 23.4 Å². The maximum atomic E-state index is 13.1. The molecular formula is C19H20ClNO2S. The third kappa shape index (κ3) is 3.77. The summed E-state index contributed by atoms with van der Waals surface area (Å²) in [7, 11) is 1.65. The number of carbonyl (C=O) groups excluding carboxylic acids is 1. The number of carbonyl (C=O) groups is 1. The van der Waals surface area contributed by atoms with Crippen molar-refractivity contribution in [3.8, 4) is 0 Å². The van der Waals surface area contributed by atoms with Gasteiger partial charge in [-0.05, 0) is 42.3 Å². The van der Waals surface area contributed by atoms with E-state index in [2.05, 4.69) is 6.92 Å². The summed E-state index contributed by atoms with van der Waals surface area (Å²) < 4.78 is 5.17. The molecule has 1 aliphatic rings. The Morgan fingerprint density at radius 2 is 2.17 bits per heavy atom. The lowest BCUT2D eigenvalue weighted by atomic mass is 10.1. The van der Waals surface area contributed by atoms with E-state index in [-0.39, 0.29) is 5.91 Å². The number of rotatable bonds is 3. The molecule has 0 spiro atoms. The minimum atomic E-state index is 0.00571. The van der Waals surface area contributed by atoms with Crippen LogP contribution in [0.2, 0.25) is 5.02 Å². The molecule has 0 aromatic heterocycles. The molecule has 1 unspecified atom stereocenters. The van der Waals surface area contributed by atoms with Crippen molar-refractivity contribution in [3.05, 3.63) is 58.6 Å². The monoisotopic (exact) mass is 361 g/mol. The van der Waals surface area contributed by atoms with Crippen LogP contribution < -0.4 is 4.90 Å². The average Bonchev–Trinajstić information content (AvgIpc) is 2.73. The second-order valence-electron chi connectivity index (χ2n) is 5.92. The van der Waals surface area contributed by atoms with Crippen molar-refractivity contribution in [2.24, 2.45) is 0 Å². The lowest BCUT2D eigenvalue weighted by Crippen LogP contribution is -2.32. The standard InChI is InChI=1S/C19H20ClNO2S/c1-13-8-9-21(17-11-16(20)6-7-18(17)24-13)19(22)15-5-3-4-14(10-15)12-23-2/h3-7,10-11,13H,8-9,12H2,1-2H3. The minimum absolute atomic E-state index is 0.00571. The van der Waals surface area contributed by atoms with Gasteiger partial charge in [0.2, 0.25) is 0 Å². The van der Waals surface area contributed by atoms with Crippen molar-refractivity contribution < 1.29 is 9.53 Å². The molecule has 2 aromatic rings. The molecule has 1 heterocycles. The van der Waals surface area contributed by atoms with Crippen LogP contribution in [0.25, 0.3) is 0 Å². The van der Waals surface area contributed by atoms with Gasteiger partial charge in [-0.15, -0.1) is 11.8 Å². The summed E-state index contributed by atoms with van der Waals surface area (Å²) >= 11 is 7.98. The first-order valence-electron chi connectivity index (χ1n) is 7.94. The lowest BCUT2D eigenvalue weighted by Gasteiger charge is -2.23. The van der Waals surface area contributed by atoms with Crippen molar-refractivity contribution >= 4 is 35.0 Å². The molecule has 0 radical (unpaired) electrons. The Kier molecular flexibility index (Phi) is 5.49. The Balaban J connectivity index is 1.97. The summed E-state index contributed by atoms with van der Waals surface area (Å²) in [5.41, 5.74) is 2.57. The van der Waals surface area contributed by atoms with Gasteiger partial charge >= 0.3 is 0 Å². The number of nitrogens with zero attached hydrogens (tertiary/aromatic N) is 1. The summed E-state index contributed by atoms with van der Waals surface area (Å²) in [5, 5.41) is 1.11. The maximum absolute atomic E-state index is 13.1. The summed E-state index contributed by atoms with van der Waals surface area (Å²) in [6, 6.07) is 13.4. The number of amides is 1. The number of methoxy groups -OCH3 is 1. The maximum Gasteiger partial charge on any atom is 0.258 e. The van der Waals surface area contributed by atoms with Crippen molar-refractivity contribution in [1.82, 2.24) is 0 Å². The van der Waals surface area contributed by atoms with Gasteiger partial charge in [0.25, 0.3) is 5.91 Å². The van der Waals surface area contributed by atoms with Gasteiger partial charge in [0.1, 0.15) is 0 Å². The van der Waals surface area contributed by atoms with E-state index in [9.17, 15) is 4.79 Å². The van der Waals surface area contributed by atoms with Crippen molar-refractivity contribution in [1.29, 1.82) is 0 Å². The number of ether oxygens (including phenoxy) is 1. The Morgan fingerprint density at radius 3 is 2.96 bits per heavy atom. The summed E-state index contributed by atoms with van der Waals surface area (Å²) in [4.78, 5) is 16.1. The van der Waals surface area contributed by atoms with Crippen molar-refractivity contribution in [3.63, 3.8) is 0 Å². The molecule has 3 nitrogen and oxygen atoms in total. The smallest absolute Gasteiger partial charge is 0.258 e. The number of benzene rings is 2. The van der Waals surface area contributed by atoms with Crippen molar-refractivity contribution in [2.75, 3.05) is 18.6 Å². The van der Waals surface area contributed by atoms with Gasteiger partial charge in [-0.2, -0.15) is 0 Å².